The van der Waals surface area contributed by atoms with Crippen molar-refractivity contribution in [2.45, 2.75) is 76.9 Å². The zero-order chi connectivity index (χ0) is 26.0. The van der Waals surface area contributed by atoms with Crippen LogP contribution < -0.4 is 5.32 Å². The van der Waals surface area contributed by atoms with E-state index < -0.39 is 5.60 Å². The summed E-state index contributed by atoms with van der Waals surface area (Å²) in [5.74, 6) is -0.227. The van der Waals surface area contributed by atoms with Gasteiger partial charge in [-0.05, 0) is 74.0 Å². The van der Waals surface area contributed by atoms with Crippen molar-refractivity contribution in [1.82, 2.24) is 20.2 Å². The van der Waals surface area contributed by atoms with Gasteiger partial charge in [-0.2, -0.15) is 5.26 Å². The normalized spacial score (nSPS) is 30.5. The predicted molar refractivity (Wildman–Crippen MR) is 140 cm³/mol. The van der Waals surface area contributed by atoms with Gasteiger partial charge in [0, 0.05) is 30.7 Å². The minimum Gasteiger partial charge on any atom is -0.389 e. The Bertz CT molecular complexity index is 1140. The monoisotopic (exact) mass is 505 g/mol. The second kappa shape index (κ2) is 10.6. The fourth-order valence-electron chi connectivity index (χ4n) is 6.31. The summed E-state index contributed by atoms with van der Waals surface area (Å²) >= 11 is 0. The summed E-state index contributed by atoms with van der Waals surface area (Å²) in [5, 5.41) is 23.9. The second-order valence-corrected chi connectivity index (χ2v) is 11.9. The first-order valence-corrected chi connectivity index (χ1v) is 13.7. The average Bonchev–Trinajstić information content (AvgIpc) is 3.40. The smallest absolute Gasteiger partial charge is 0.291 e. The Labute approximate surface area is 219 Å². The van der Waals surface area contributed by atoms with E-state index in [0.29, 0.717) is 12.5 Å². The van der Waals surface area contributed by atoms with Gasteiger partial charge in [0.15, 0.2) is 5.82 Å². The van der Waals surface area contributed by atoms with Gasteiger partial charge >= 0.3 is 0 Å². The number of carbonyl (C=O) groups is 1. The van der Waals surface area contributed by atoms with Crippen LogP contribution in [0.5, 0.6) is 0 Å². The molecule has 0 bridgehead atoms. The highest BCUT2D eigenvalue weighted by Crippen LogP contribution is 2.45. The SMILES string of the molecule is CC1(C)CC=C(C2=C(NC(=O)c3ncc(C#N)[nH]3)C=CC(C3(O)CCC(N4CCOCC4)CC3)C2)CC1. The first-order chi connectivity index (χ1) is 17.8. The number of rotatable bonds is 5. The van der Waals surface area contributed by atoms with Crippen LogP contribution in [0.4, 0.5) is 0 Å². The van der Waals surface area contributed by atoms with Gasteiger partial charge in [0.2, 0.25) is 0 Å². The molecule has 3 N–H and O–H groups in total. The Morgan fingerprint density at radius 1 is 1.27 bits per heavy atom. The Kier molecular flexibility index (Phi) is 7.39. The third-order valence-electron chi connectivity index (χ3n) is 8.84. The quantitative estimate of drug-likeness (QED) is 0.558. The van der Waals surface area contributed by atoms with E-state index in [4.69, 9.17) is 10.00 Å². The summed E-state index contributed by atoms with van der Waals surface area (Å²) in [5.41, 5.74) is 2.95. The number of carbonyl (C=O) groups excluding carboxylic acids is 1. The highest BCUT2D eigenvalue weighted by Gasteiger charge is 2.42. The van der Waals surface area contributed by atoms with Gasteiger partial charge in [0.05, 0.1) is 25.0 Å². The number of aliphatic hydroxyl groups is 1. The van der Waals surface area contributed by atoms with Gasteiger partial charge in [-0.1, -0.05) is 26.0 Å². The Morgan fingerprint density at radius 3 is 2.68 bits per heavy atom. The van der Waals surface area contributed by atoms with E-state index >= 15 is 0 Å². The standard InChI is InChI=1S/C29H39N5O3/c1-28(2)9-5-20(6-10-28)24-17-21(3-4-25(24)33-27(35)26-31-19-22(18-30)32-26)29(36)11-7-23(8-12-29)34-13-15-37-16-14-34/h3-5,19,21,23,36H,6-17H2,1-2H3,(H,31,32)(H,33,35). The number of nitrogens with zero attached hydrogens (tertiary/aromatic N) is 3. The van der Waals surface area contributed by atoms with E-state index in [-0.39, 0.29) is 28.8 Å². The fraction of sp³-hybridized carbons (Fsp3) is 0.621. The molecule has 3 aliphatic carbocycles. The molecular weight excluding hydrogens is 466 g/mol. The van der Waals surface area contributed by atoms with Crippen molar-refractivity contribution in [3.8, 4) is 6.07 Å². The maximum atomic E-state index is 12.9. The minimum absolute atomic E-state index is 0.0124. The van der Waals surface area contributed by atoms with Gasteiger partial charge in [-0.25, -0.2) is 4.98 Å². The second-order valence-electron chi connectivity index (χ2n) is 11.9. The number of ether oxygens (including phenoxy) is 1. The molecule has 4 aliphatic rings. The molecule has 1 saturated carbocycles. The van der Waals surface area contributed by atoms with Crippen molar-refractivity contribution in [1.29, 1.82) is 5.26 Å². The zero-order valence-corrected chi connectivity index (χ0v) is 22.1. The number of morpholine rings is 1. The van der Waals surface area contributed by atoms with Crippen LogP contribution in [0.3, 0.4) is 0 Å². The van der Waals surface area contributed by atoms with Gasteiger partial charge in [-0.15, -0.1) is 0 Å². The molecule has 1 amide bonds. The zero-order valence-electron chi connectivity index (χ0n) is 22.1. The van der Waals surface area contributed by atoms with Gasteiger partial charge in [-0.3, -0.25) is 9.69 Å². The van der Waals surface area contributed by atoms with Crippen LogP contribution in [0.15, 0.2) is 41.3 Å². The van der Waals surface area contributed by atoms with E-state index in [0.717, 1.165) is 82.5 Å². The average molecular weight is 506 g/mol. The molecule has 1 atom stereocenters. The number of nitriles is 1. The Morgan fingerprint density at radius 2 is 2.03 bits per heavy atom. The summed E-state index contributed by atoms with van der Waals surface area (Å²) < 4.78 is 5.52. The van der Waals surface area contributed by atoms with E-state index in [1.165, 1.54) is 11.8 Å². The number of hydrogen-bond donors (Lipinski definition) is 3. The third kappa shape index (κ3) is 5.74. The minimum atomic E-state index is -0.739. The number of hydrogen-bond acceptors (Lipinski definition) is 6. The lowest BCUT2D eigenvalue weighted by molar-refractivity contribution is -0.0637. The number of imidazole rings is 1. The van der Waals surface area contributed by atoms with Crippen molar-refractivity contribution in [3.05, 3.63) is 52.8 Å². The summed E-state index contributed by atoms with van der Waals surface area (Å²) in [6, 6.07) is 2.50. The molecule has 0 spiro atoms. The fourth-order valence-corrected chi connectivity index (χ4v) is 6.31. The molecule has 1 aliphatic heterocycles. The molecule has 2 fully saturated rings. The molecule has 0 radical (unpaired) electrons. The summed E-state index contributed by atoms with van der Waals surface area (Å²) in [6.07, 6.45) is 15.1. The van der Waals surface area contributed by atoms with Crippen LogP contribution in [-0.2, 0) is 4.74 Å². The lowest BCUT2D eigenvalue weighted by atomic mass is 9.68. The molecule has 1 aromatic heterocycles. The van der Waals surface area contributed by atoms with Gasteiger partial charge in [0.25, 0.3) is 5.91 Å². The Balaban J connectivity index is 1.33. The number of amides is 1. The van der Waals surface area contributed by atoms with E-state index in [1.807, 2.05) is 12.1 Å². The van der Waals surface area contributed by atoms with Gasteiger partial charge in [0.1, 0.15) is 11.8 Å². The molecule has 198 valence electrons. The van der Waals surface area contributed by atoms with Crippen LogP contribution >= 0.6 is 0 Å². The van der Waals surface area contributed by atoms with Crippen LogP contribution in [0, 0.1) is 22.7 Å². The third-order valence-corrected chi connectivity index (χ3v) is 8.84. The van der Waals surface area contributed by atoms with Crippen molar-refractivity contribution in [2.75, 3.05) is 26.3 Å². The first-order valence-electron chi connectivity index (χ1n) is 13.7. The van der Waals surface area contributed by atoms with Crippen LogP contribution in [0.2, 0.25) is 0 Å². The van der Waals surface area contributed by atoms with Crippen molar-refractivity contribution < 1.29 is 14.6 Å². The molecule has 1 unspecified atom stereocenters. The molecule has 2 heterocycles. The van der Waals surface area contributed by atoms with Crippen molar-refractivity contribution in [2.24, 2.45) is 11.3 Å². The van der Waals surface area contributed by atoms with Crippen molar-refractivity contribution >= 4 is 5.91 Å². The van der Waals surface area contributed by atoms with Crippen molar-refractivity contribution in [3.63, 3.8) is 0 Å². The predicted octanol–water partition coefficient (Wildman–Crippen LogP) is 3.98. The van der Waals surface area contributed by atoms with E-state index in [1.54, 1.807) is 0 Å². The number of aromatic amines is 1. The number of H-pyrrole nitrogens is 1. The largest absolute Gasteiger partial charge is 0.389 e. The maximum Gasteiger partial charge on any atom is 0.291 e. The lowest BCUT2D eigenvalue weighted by Crippen LogP contribution is -2.50. The molecule has 5 rings (SSSR count). The molecule has 37 heavy (non-hydrogen) atoms. The number of allylic oxidation sites excluding steroid dienone is 4. The van der Waals surface area contributed by atoms with Crippen LogP contribution in [-0.4, -0.2) is 63.8 Å². The molecule has 8 heteroatoms. The molecule has 1 saturated heterocycles. The summed E-state index contributed by atoms with van der Waals surface area (Å²) in [4.78, 5) is 22.3. The summed E-state index contributed by atoms with van der Waals surface area (Å²) in [6.45, 7) is 8.16. The molecule has 8 nitrogen and oxygen atoms in total. The topological polar surface area (TPSA) is 114 Å². The Hall–Kier alpha value is -2.73. The van der Waals surface area contributed by atoms with Gasteiger partial charge < -0.3 is 20.1 Å². The van der Waals surface area contributed by atoms with E-state index in [2.05, 4.69) is 46.2 Å². The number of aromatic nitrogens is 2. The highest BCUT2D eigenvalue weighted by molar-refractivity contribution is 5.92. The van der Waals surface area contributed by atoms with Crippen LogP contribution in [0.1, 0.15) is 81.5 Å². The highest BCUT2D eigenvalue weighted by atomic mass is 16.5. The number of nitrogens with one attached hydrogen (secondary N) is 2. The molecule has 0 aromatic carbocycles. The maximum absolute atomic E-state index is 12.9. The molecular formula is C29H39N5O3. The lowest BCUT2D eigenvalue weighted by Gasteiger charge is -2.45. The first kappa shape index (κ1) is 25.9. The molecule has 1 aromatic rings. The summed E-state index contributed by atoms with van der Waals surface area (Å²) in [7, 11) is 0. The van der Waals surface area contributed by atoms with Crippen LogP contribution in [0.25, 0.3) is 0 Å². The van der Waals surface area contributed by atoms with E-state index in [9.17, 15) is 9.90 Å².